The summed E-state index contributed by atoms with van der Waals surface area (Å²) in [6, 6.07) is 8.82. The lowest BCUT2D eigenvalue weighted by Crippen LogP contribution is -2.52. The average molecular weight is 303 g/mol. The van der Waals surface area contributed by atoms with Crippen LogP contribution in [0.5, 0.6) is 0 Å². The molecule has 0 bridgehead atoms. The molecule has 0 aromatic heterocycles. The minimum atomic E-state index is -0.539. The summed E-state index contributed by atoms with van der Waals surface area (Å²) in [6.07, 6.45) is 1.55. The summed E-state index contributed by atoms with van der Waals surface area (Å²) in [5.41, 5.74) is 6.99. The van der Waals surface area contributed by atoms with Gasteiger partial charge in [-0.25, -0.2) is 0 Å². The molecular weight excluding hydrogens is 278 g/mol. The second-order valence-electron chi connectivity index (χ2n) is 6.16. The first-order valence-electron chi connectivity index (χ1n) is 7.88. The van der Waals surface area contributed by atoms with Gasteiger partial charge in [0.05, 0.1) is 6.04 Å². The van der Waals surface area contributed by atoms with Gasteiger partial charge in [-0.1, -0.05) is 44.2 Å². The van der Waals surface area contributed by atoms with Crippen LogP contribution in [-0.2, 0) is 16.1 Å². The first-order valence-corrected chi connectivity index (χ1v) is 7.88. The highest BCUT2D eigenvalue weighted by molar-refractivity contribution is 5.90. The maximum Gasteiger partial charge on any atom is 0.243 e. The van der Waals surface area contributed by atoms with Crippen LogP contribution in [0.1, 0.15) is 32.3 Å². The number of likely N-dealkylation sites (tertiary alicyclic amines) is 1. The van der Waals surface area contributed by atoms with Crippen molar-refractivity contribution in [3.05, 3.63) is 35.9 Å². The van der Waals surface area contributed by atoms with E-state index in [1.54, 1.807) is 4.90 Å². The van der Waals surface area contributed by atoms with Crippen LogP contribution < -0.4 is 11.1 Å². The third kappa shape index (κ3) is 3.85. The number of nitrogens with two attached hydrogens (primary N) is 1. The molecule has 5 nitrogen and oxygen atoms in total. The molecule has 0 radical (unpaired) electrons. The molecule has 1 heterocycles. The van der Waals surface area contributed by atoms with E-state index in [1.807, 2.05) is 44.2 Å². The van der Waals surface area contributed by atoms with Crippen LogP contribution in [0.25, 0.3) is 0 Å². The number of amides is 2. The fraction of sp³-hybridized carbons (Fsp3) is 0.529. The summed E-state index contributed by atoms with van der Waals surface area (Å²) < 4.78 is 0. The Labute approximate surface area is 131 Å². The van der Waals surface area contributed by atoms with Gasteiger partial charge in [-0.3, -0.25) is 9.59 Å². The van der Waals surface area contributed by atoms with Crippen LogP contribution >= 0.6 is 0 Å². The topological polar surface area (TPSA) is 75.4 Å². The number of nitrogens with one attached hydrogen (secondary N) is 1. The summed E-state index contributed by atoms with van der Waals surface area (Å²) in [7, 11) is 0. The third-order valence-electron chi connectivity index (χ3n) is 4.15. The minimum Gasteiger partial charge on any atom is -0.350 e. The SMILES string of the molecule is CC(C)C(N)C(=O)N1CCCC1C(=O)NCc1ccccc1. The second-order valence-corrected chi connectivity index (χ2v) is 6.16. The van der Waals surface area contributed by atoms with E-state index in [2.05, 4.69) is 5.32 Å². The molecule has 0 aliphatic carbocycles. The normalized spacial score (nSPS) is 19.3. The zero-order valence-corrected chi connectivity index (χ0v) is 13.3. The van der Waals surface area contributed by atoms with Gasteiger partial charge in [-0.05, 0) is 24.3 Å². The number of hydrogen-bond acceptors (Lipinski definition) is 3. The van der Waals surface area contributed by atoms with Crippen molar-refractivity contribution in [3.8, 4) is 0 Å². The Bertz CT molecular complexity index is 516. The third-order valence-corrected chi connectivity index (χ3v) is 4.15. The van der Waals surface area contributed by atoms with Crippen molar-refractivity contribution in [2.24, 2.45) is 11.7 Å². The zero-order valence-electron chi connectivity index (χ0n) is 13.3. The van der Waals surface area contributed by atoms with E-state index in [4.69, 9.17) is 5.73 Å². The lowest BCUT2D eigenvalue weighted by atomic mass is 10.0. The Balaban J connectivity index is 1.95. The Morgan fingerprint density at radius 3 is 2.64 bits per heavy atom. The molecule has 2 amide bonds. The monoisotopic (exact) mass is 303 g/mol. The van der Waals surface area contributed by atoms with E-state index in [0.717, 1.165) is 12.0 Å². The number of carbonyl (C=O) groups excluding carboxylic acids is 2. The van der Waals surface area contributed by atoms with Gasteiger partial charge in [0.25, 0.3) is 0 Å². The van der Waals surface area contributed by atoms with E-state index in [9.17, 15) is 9.59 Å². The molecule has 2 atom stereocenters. The molecule has 0 spiro atoms. The summed E-state index contributed by atoms with van der Waals surface area (Å²) in [5, 5.41) is 2.92. The Morgan fingerprint density at radius 1 is 1.32 bits per heavy atom. The molecular formula is C17H25N3O2. The van der Waals surface area contributed by atoms with Crippen LogP contribution in [0.2, 0.25) is 0 Å². The molecule has 0 saturated carbocycles. The fourth-order valence-corrected chi connectivity index (χ4v) is 2.68. The van der Waals surface area contributed by atoms with Gasteiger partial charge in [0.2, 0.25) is 11.8 Å². The highest BCUT2D eigenvalue weighted by atomic mass is 16.2. The van der Waals surface area contributed by atoms with Crippen LogP contribution in [0.4, 0.5) is 0 Å². The van der Waals surface area contributed by atoms with Gasteiger partial charge >= 0.3 is 0 Å². The molecule has 1 aromatic carbocycles. The number of hydrogen-bond donors (Lipinski definition) is 2. The maximum absolute atomic E-state index is 12.4. The summed E-state index contributed by atoms with van der Waals surface area (Å²) in [5.74, 6) is -0.140. The van der Waals surface area contributed by atoms with Crippen LogP contribution in [-0.4, -0.2) is 35.3 Å². The van der Waals surface area contributed by atoms with Crippen molar-refractivity contribution < 1.29 is 9.59 Å². The number of benzene rings is 1. The first-order chi connectivity index (χ1) is 10.5. The Kier molecular flexibility index (Phi) is 5.55. The predicted molar refractivity (Wildman–Crippen MR) is 85.8 cm³/mol. The molecule has 1 aliphatic heterocycles. The van der Waals surface area contributed by atoms with Crippen molar-refractivity contribution in [1.29, 1.82) is 0 Å². The molecule has 120 valence electrons. The molecule has 2 rings (SSSR count). The summed E-state index contributed by atoms with van der Waals surface area (Å²) in [6.45, 7) is 4.93. The molecule has 2 unspecified atom stereocenters. The Morgan fingerprint density at radius 2 is 2.00 bits per heavy atom. The highest BCUT2D eigenvalue weighted by Crippen LogP contribution is 2.19. The second kappa shape index (κ2) is 7.40. The van der Waals surface area contributed by atoms with Gasteiger partial charge in [0, 0.05) is 13.1 Å². The van der Waals surface area contributed by atoms with Crippen molar-refractivity contribution in [2.75, 3.05) is 6.54 Å². The molecule has 1 fully saturated rings. The summed E-state index contributed by atoms with van der Waals surface area (Å²) >= 11 is 0. The fourth-order valence-electron chi connectivity index (χ4n) is 2.68. The van der Waals surface area contributed by atoms with Crippen molar-refractivity contribution in [1.82, 2.24) is 10.2 Å². The smallest absolute Gasteiger partial charge is 0.243 e. The van der Waals surface area contributed by atoms with Gasteiger partial charge < -0.3 is 16.0 Å². The largest absolute Gasteiger partial charge is 0.350 e. The lowest BCUT2D eigenvalue weighted by molar-refractivity contribution is -0.140. The molecule has 1 saturated heterocycles. The molecule has 1 aromatic rings. The quantitative estimate of drug-likeness (QED) is 0.860. The predicted octanol–water partition coefficient (Wildman–Crippen LogP) is 1.28. The van der Waals surface area contributed by atoms with Crippen molar-refractivity contribution >= 4 is 11.8 Å². The maximum atomic E-state index is 12.4. The van der Waals surface area contributed by atoms with E-state index in [-0.39, 0.29) is 23.8 Å². The van der Waals surface area contributed by atoms with E-state index < -0.39 is 6.04 Å². The van der Waals surface area contributed by atoms with Gasteiger partial charge in [-0.15, -0.1) is 0 Å². The number of carbonyl (C=O) groups is 2. The van der Waals surface area contributed by atoms with Crippen LogP contribution in [0.15, 0.2) is 30.3 Å². The van der Waals surface area contributed by atoms with Crippen molar-refractivity contribution in [3.63, 3.8) is 0 Å². The van der Waals surface area contributed by atoms with Crippen LogP contribution in [0, 0.1) is 5.92 Å². The standard InChI is InChI=1S/C17H25N3O2/c1-12(2)15(18)17(22)20-10-6-9-14(20)16(21)19-11-13-7-4-3-5-8-13/h3-5,7-8,12,14-15H,6,9-11,18H2,1-2H3,(H,19,21). The number of rotatable bonds is 5. The molecule has 22 heavy (non-hydrogen) atoms. The number of nitrogens with zero attached hydrogens (tertiary/aromatic N) is 1. The van der Waals surface area contributed by atoms with Crippen LogP contribution in [0.3, 0.4) is 0 Å². The average Bonchev–Trinajstić information content (AvgIpc) is 3.01. The summed E-state index contributed by atoms with van der Waals surface area (Å²) in [4.78, 5) is 26.4. The van der Waals surface area contributed by atoms with E-state index in [1.165, 1.54) is 0 Å². The van der Waals surface area contributed by atoms with Gasteiger partial charge in [0.15, 0.2) is 0 Å². The van der Waals surface area contributed by atoms with Gasteiger partial charge in [0.1, 0.15) is 6.04 Å². The molecule has 5 heteroatoms. The molecule has 1 aliphatic rings. The van der Waals surface area contributed by atoms with Gasteiger partial charge in [-0.2, -0.15) is 0 Å². The van der Waals surface area contributed by atoms with Crippen molar-refractivity contribution in [2.45, 2.75) is 45.3 Å². The highest BCUT2D eigenvalue weighted by Gasteiger charge is 2.36. The first kappa shape index (κ1) is 16.5. The van der Waals surface area contributed by atoms with E-state index in [0.29, 0.717) is 19.5 Å². The molecule has 3 N–H and O–H groups in total. The van der Waals surface area contributed by atoms with E-state index >= 15 is 0 Å². The zero-order chi connectivity index (χ0) is 16.1. The lowest BCUT2D eigenvalue weighted by Gasteiger charge is -2.28. The Hall–Kier alpha value is -1.88. The minimum absolute atomic E-state index is 0.0705.